The fourth-order valence-electron chi connectivity index (χ4n) is 2.82. The molecule has 1 aliphatic rings. The summed E-state index contributed by atoms with van der Waals surface area (Å²) >= 11 is 3.42. The fourth-order valence-corrected chi connectivity index (χ4v) is 3.29. The van der Waals surface area contributed by atoms with E-state index in [1.54, 1.807) is 11.9 Å². The maximum absolute atomic E-state index is 12.6. The molecule has 5 nitrogen and oxygen atoms in total. The Labute approximate surface area is 152 Å². The van der Waals surface area contributed by atoms with E-state index in [1.807, 2.05) is 31.2 Å². The second-order valence-electron chi connectivity index (χ2n) is 6.22. The molecule has 1 fully saturated rings. The van der Waals surface area contributed by atoms with Gasteiger partial charge >= 0.3 is 0 Å². The first-order valence-electron chi connectivity index (χ1n) is 8.01. The molecule has 1 aliphatic heterocycles. The Kier molecular flexibility index (Phi) is 6.41. The Hall–Kier alpha value is -1.84. The van der Waals surface area contributed by atoms with Gasteiger partial charge in [-0.1, -0.05) is 15.9 Å². The Morgan fingerprint density at radius 1 is 1.46 bits per heavy atom. The number of piperidine rings is 1. The van der Waals surface area contributed by atoms with Gasteiger partial charge < -0.3 is 15.1 Å². The molecule has 0 atom stereocenters. The number of likely N-dealkylation sites (N-methyl/N-ethyl adjacent to an activating group) is 1. The Bertz CT molecular complexity index is 672. The van der Waals surface area contributed by atoms with Crippen LogP contribution in [0, 0.1) is 18.3 Å². The number of hydrogen-bond acceptors (Lipinski definition) is 4. The SMILES string of the molecule is Cc1cc(Br)ccc1N/C=C(/C#N)C(=O)N(C)C1CCN(C)CC1. The first kappa shape index (κ1) is 18.5. The summed E-state index contributed by atoms with van der Waals surface area (Å²) in [6.45, 7) is 3.92. The smallest absolute Gasteiger partial charge is 0.266 e. The van der Waals surface area contributed by atoms with E-state index in [4.69, 9.17) is 0 Å². The molecule has 1 saturated heterocycles. The van der Waals surface area contributed by atoms with Crippen molar-refractivity contribution in [3.63, 3.8) is 0 Å². The molecule has 0 unspecified atom stereocenters. The second kappa shape index (κ2) is 8.32. The highest BCUT2D eigenvalue weighted by Gasteiger charge is 2.25. The molecule has 0 radical (unpaired) electrons. The Morgan fingerprint density at radius 3 is 2.71 bits per heavy atom. The summed E-state index contributed by atoms with van der Waals surface area (Å²) in [6.07, 6.45) is 3.39. The molecule has 6 heteroatoms. The number of rotatable bonds is 4. The standard InChI is InChI=1S/C18H23BrN4O/c1-13-10-15(19)4-5-17(13)21-12-14(11-20)18(24)23(3)16-6-8-22(2)9-7-16/h4-5,10,12,16,21H,6-9H2,1-3H3/b14-12-. The van der Waals surface area contributed by atoms with Gasteiger partial charge in [-0.05, 0) is 63.7 Å². The van der Waals surface area contributed by atoms with E-state index in [0.29, 0.717) is 0 Å². The molecule has 2 rings (SSSR count). The van der Waals surface area contributed by atoms with E-state index >= 15 is 0 Å². The molecule has 0 bridgehead atoms. The summed E-state index contributed by atoms with van der Waals surface area (Å²) in [5.74, 6) is -0.227. The van der Waals surface area contributed by atoms with Crippen LogP contribution < -0.4 is 5.32 Å². The van der Waals surface area contributed by atoms with E-state index in [2.05, 4.69) is 33.2 Å². The number of nitrogens with zero attached hydrogens (tertiary/aromatic N) is 3. The van der Waals surface area contributed by atoms with Crippen molar-refractivity contribution in [3.05, 3.63) is 40.0 Å². The zero-order valence-corrected chi connectivity index (χ0v) is 15.9. The van der Waals surface area contributed by atoms with E-state index in [-0.39, 0.29) is 17.5 Å². The number of carbonyl (C=O) groups excluding carboxylic acids is 1. The Balaban J connectivity index is 2.06. The molecule has 1 heterocycles. The van der Waals surface area contributed by atoms with Crippen molar-refractivity contribution >= 4 is 27.5 Å². The van der Waals surface area contributed by atoms with Crippen molar-refractivity contribution in [3.8, 4) is 6.07 Å². The van der Waals surface area contributed by atoms with Crippen LogP contribution in [0.3, 0.4) is 0 Å². The van der Waals surface area contributed by atoms with Crippen molar-refractivity contribution in [2.24, 2.45) is 0 Å². The molecule has 128 valence electrons. The highest BCUT2D eigenvalue weighted by molar-refractivity contribution is 9.10. The number of nitrogens with one attached hydrogen (secondary N) is 1. The third-order valence-electron chi connectivity index (χ3n) is 4.47. The maximum atomic E-state index is 12.6. The van der Waals surface area contributed by atoms with Crippen molar-refractivity contribution < 1.29 is 4.79 Å². The van der Waals surface area contributed by atoms with Crippen molar-refractivity contribution in [2.75, 3.05) is 32.5 Å². The van der Waals surface area contributed by atoms with Gasteiger partial charge in [0.25, 0.3) is 5.91 Å². The molecule has 1 amide bonds. The first-order chi connectivity index (χ1) is 11.4. The van der Waals surface area contributed by atoms with Crippen LogP contribution in [0.5, 0.6) is 0 Å². The number of halogens is 1. The summed E-state index contributed by atoms with van der Waals surface area (Å²) in [6, 6.07) is 8.03. The van der Waals surface area contributed by atoms with Crippen LogP contribution in [-0.2, 0) is 4.79 Å². The molecule has 0 spiro atoms. The fraction of sp³-hybridized carbons (Fsp3) is 0.444. The third-order valence-corrected chi connectivity index (χ3v) is 4.96. The molecule has 24 heavy (non-hydrogen) atoms. The van der Waals surface area contributed by atoms with Gasteiger partial charge in [0, 0.05) is 29.4 Å². The maximum Gasteiger partial charge on any atom is 0.266 e. The predicted molar refractivity (Wildman–Crippen MR) is 99.5 cm³/mol. The number of likely N-dealkylation sites (tertiary alicyclic amines) is 1. The summed E-state index contributed by atoms with van der Waals surface area (Å²) in [5.41, 5.74) is 2.04. The van der Waals surface area contributed by atoms with Crippen LogP contribution in [0.2, 0.25) is 0 Å². The average molecular weight is 391 g/mol. The lowest BCUT2D eigenvalue weighted by Crippen LogP contribution is -2.44. The highest BCUT2D eigenvalue weighted by atomic mass is 79.9. The van der Waals surface area contributed by atoms with Crippen molar-refractivity contribution in [2.45, 2.75) is 25.8 Å². The summed E-state index contributed by atoms with van der Waals surface area (Å²) < 4.78 is 0.994. The van der Waals surface area contributed by atoms with Gasteiger partial charge in [-0.15, -0.1) is 0 Å². The summed E-state index contributed by atoms with van der Waals surface area (Å²) in [5, 5.41) is 12.4. The third kappa shape index (κ3) is 4.59. The molecular weight excluding hydrogens is 368 g/mol. The van der Waals surface area contributed by atoms with Crippen LogP contribution in [0.15, 0.2) is 34.4 Å². The van der Waals surface area contributed by atoms with Gasteiger partial charge in [0.05, 0.1) is 0 Å². The first-order valence-corrected chi connectivity index (χ1v) is 8.80. The zero-order valence-electron chi connectivity index (χ0n) is 14.3. The van der Waals surface area contributed by atoms with Crippen LogP contribution in [-0.4, -0.2) is 48.9 Å². The number of anilines is 1. The quantitative estimate of drug-likeness (QED) is 0.633. The summed E-state index contributed by atoms with van der Waals surface area (Å²) in [4.78, 5) is 16.6. The van der Waals surface area contributed by atoms with Gasteiger partial charge in [0.1, 0.15) is 11.6 Å². The number of hydrogen-bond donors (Lipinski definition) is 1. The lowest BCUT2D eigenvalue weighted by atomic mass is 10.0. The topological polar surface area (TPSA) is 59.4 Å². The lowest BCUT2D eigenvalue weighted by Gasteiger charge is -2.35. The lowest BCUT2D eigenvalue weighted by molar-refractivity contribution is -0.128. The van der Waals surface area contributed by atoms with E-state index in [9.17, 15) is 10.1 Å². The van der Waals surface area contributed by atoms with Crippen LogP contribution in [0.4, 0.5) is 5.69 Å². The monoisotopic (exact) mass is 390 g/mol. The van der Waals surface area contributed by atoms with Gasteiger partial charge in [-0.25, -0.2) is 0 Å². The minimum atomic E-state index is -0.227. The van der Waals surface area contributed by atoms with Crippen LogP contribution in [0.25, 0.3) is 0 Å². The van der Waals surface area contributed by atoms with E-state index in [1.165, 1.54) is 6.20 Å². The zero-order chi connectivity index (χ0) is 17.7. The molecule has 0 saturated carbocycles. The van der Waals surface area contributed by atoms with Gasteiger partial charge in [0.15, 0.2) is 0 Å². The number of benzene rings is 1. The highest BCUT2D eigenvalue weighted by Crippen LogP contribution is 2.21. The molecule has 0 aromatic heterocycles. The van der Waals surface area contributed by atoms with Gasteiger partial charge in [-0.2, -0.15) is 5.26 Å². The summed E-state index contributed by atoms with van der Waals surface area (Å²) in [7, 11) is 3.87. The van der Waals surface area contributed by atoms with Crippen LogP contribution >= 0.6 is 15.9 Å². The van der Waals surface area contributed by atoms with E-state index in [0.717, 1.165) is 41.7 Å². The number of aryl methyl sites for hydroxylation is 1. The molecule has 1 aromatic rings. The van der Waals surface area contributed by atoms with Gasteiger partial charge in [0.2, 0.25) is 0 Å². The number of carbonyl (C=O) groups is 1. The minimum Gasteiger partial charge on any atom is -0.360 e. The average Bonchev–Trinajstić information content (AvgIpc) is 2.57. The molecular formula is C18H23BrN4O. The Morgan fingerprint density at radius 2 is 2.12 bits per heavy atom. The van der Waals surface area contributed by atoms with Crippen molar-refractivity contribution in [1.82, 2.24) is 9.80 Å². The largest absolute Gasteiger partial charge is 0.360 e. The predicted octanol–water partition coefficient (Wildman–Crippen LogP) is 3.13. The molecule has 1 N–H and O–H groups in total. The number of amides is 1. The van der Waals surface area contributed by atoms with Gasteiger partial charge in [-0.3, -0.25) is 4.79 Å². The molecule has 0 aliphatic carbocycles. The van der Waals surface area contributed by atoms with Crippen LogP contribution in [0.1, 0.15) is 18.4 Å². The minimum absolute atomic E-state index is 0.124. The van der Waals surface area contributed by atoms with Crippen molar-refractivity contribution in [1.29, 1.82) is 5.26 Å². The normalized spacial score (nSPS) is 16.5. The number of nitriles is 1. The van der Waals surface area contributed by atoms with E-state index < -0.39 is 0 Å². The second-order valence-corrected chi connectivity index (χ2v) is 7.14. The molecule has 1 aromatic carbocycles.